The minimum absolute atomic E-state index is 0.275. The second-order valence-electron chi connectivity index (χ2n) is 4.32. The van der Waals surface area contributed by atoms with Crippen LogP contribution in [0, 0.1) is 12.7 Å². The summed E-state index contributed by atoms with van der Waals surface area (Å²) in [6, 6.07) is 6.84. The Hall–Kier alpha value is -1.20. The number of aromatic nitrogens is 2. The summed E-state index contributed by atoms with van der Waals surface area (Å²) in [4.78, 5) is 4.51. The van der Waals surface area contributed by atoms with Gasteiger partial charge in [0.05, 0.1) is 5.69 Å². The van der Waals surface area contributed by atoms with E-state index in [0.717, 1.165) is 20.2 Å². The van der Waals surface area contributed by atoms with Crippen molar-refractivity contribution in [3.8, 4) is 11.3 Å². The molecule has 1 aromatic carbocycles. The molecule has 0 radical (unpaired) electrons. The quantitative estimate of drug-likeness (QED) is 0.579. The van der Waals surface area contributed by atoms with E-state index in [1.54, 1.807) is 12.1 Å². The highest BCUT2D eigenvalue weighted by molar-refractivity contribution is 9.10. The zero-order valence-corrected chi connectivity index (χ0v) is 13.2. The first kappa shape index (κ1) is 12.8. The molecular formula is C14H9Br2FN2. The van der Waals surface area contributed by atoms with Gasteiger partial charge in [-0.15, -0.1) is 0 Å². The first-order valence-corrected chi connectivity index (χ1v) is 7.23. The molecule has 0 N–H and O–H groups in total. The molecule has 0 fully saturated rings. The SMILES string of the molecule is Cc1cc(Br)cn2cc(-c3cc(Br)ccc3F)nc12. The predicted octanol–water partition coefficient (Wildman–Crippen LogP) is 4.97. The van der Waals surface area contributed by atoms with E-state index in [2.05, 4.69) is 36.8 Å². The number of aryl methyl sites for hydroxylation is 1. The summed E-state index contributed by atoms with van der Waals surface area (Å²) in [5, 5.41) is 0. The highest BCUT2D eigenvalue weighted by Gasteiger charge is 2.11. The van der Waals surface area contributed by atoms with Crippen molar-refractivity contribution in [1.82, 2.24) is 9.38 Å². The summed E-state index contributed by atoms with van der Waals surface area (Å²) in [5.74, 6) is -0.275. The Kier molecular flexibility index (Phi) is 3.19. The molecule has 96 valence electrons. The molecule has 0 atom stereocenters. The fraction of sp³-hybridized carbons (Fsp3) is 0.0714. The maximum atomic E-state index is 13.9. The van der Waals surface area contributed by atoms with Crippen molar-refractivity contribution in [1.29, 1.82) is 0 Å². The molecule has 0 aliphatic heterocycles. The van der Waals surface area contributed by atoms with Gasteiger partial charge in [-0.05, 0) is 52.7 Å². The molecule has 0 aliphatic carbocycles. The van der Waals surface area contributed by atoms with Gasteiger partial charge in [0.1, 0.15) is 11.5 Å². The van der Waals surface area contributed by atoms with Crippen LogP contribution in [0.5, 0.6) is 0 Å². The van der Waals surface area contributed by atoms with Crippen LogP contribution < -0.4 is 0 Å². The van der Waals surface area contributed by atoms with E-state index in [1.807, 2.05) is 29.8 Å². The molecule has 0 saturated carbocycles. The van der Waals surface area contributed by atoms with Gasteiger partial charge >= 0.3 is 0 Å². The molecule has 2 nitrogen and oxygen atoms in total. The summed E-state index contributed by atoms with van der Waals surface area (Å²) >= 11 is 6.80. The molecule has 0 spiro atoms. The van der Waals surface area contributed by atoms with Crippen molar-refractivity contribution in [2.24, 2.45) is 0 Å². The molecule has 5 heteroatoms. The second-order valence-corrected chi connectivity index (χ2v) is 6.15. The van der Waals surface area contributed by atoms with Crippen LogP contribution in [0.1, 0.15) is 5.56 Å². The van der Waals surface area contributed by atoms with Crippen LogP contribution in [0.3, 0.4) is 0 Å². The van der Waals surface area contributed by atoms with Crippen LogP contribution in [0.15, 0.2) is 45.6 Å². The lowest BCUT2D eigenvalue weighted by Crippen LogP contribution is -1.86. The van der Waals surface area contributed by atoms with Gasteiger partial charge in [0, 0.05) is 26.9 Å². The molecule has 0 amide bonds. The Morgan fingerprint density at radius 3 is 2.68 bits per heavy atom. The Morgan fingerprint density at radius 1 is 1.11 bits per heavy atom. The standard InChI is InChI=1S/C14H9Br2FN2/c1-8-4-10(16)6-19-7-13(18-14(8)19)11-5-9(15)2-3-12(11)17/h2-7H,1H3. The fourth-order valence-corrected chi connectivity index (χ4v) is 2.97. The van der Waals surface area contributed by atoms with Crippen molar-refractivity contribution >= 4 is 37.5 Å². The molecule has 2 aromatic heterocycles. The van der Waals surface area contributed by atoms with Gasteiger partial charge in [-0.1, -0.05) is 15.9 Å². The third-order valence-electron chi connectivity index (χ3n) is 2.91. The van der Waals surface area contributed by atoms with Gasteiger partial charge in [-0.2, -0.15) is 0 Å². The monoisotopic (exact) mass is 382 g/mol. The van der Waals surface area contributed by atoms with Gasteiger partial charge in [0.2, 0.25) is 0 Å². The second kappa shape index (κ2) is 4.72. The molecule has 2 heterocycles. The van der Waals surface area contributed by atoms with E-state index in [0.29, 0.717) is 11.3 Å². The van der Waals surface area contributed by atoms with E-state index >= 15 is 0 Å². The summed E-state index contributed by atoms with van der Waals surface area (Å²) in [7, 11) is 0. The van der Waals surface area contributed by atoms with Crippen LogP contribution in [0.4, 0.5) is 4.39 Å². The highest BCUT2D eigenvalue weighted by atomic mass is 79.9. The zero-order valence-electron chi connectivity index (χ0n) is 9.99. The molecule has 3 aromatic rings. The van der Waals surface area contributed by atoms with Crippen molar-refractivity contribution in [3.05, 3.63) is 57.0 Å². The summed E-state index contributed by atoms with van der Waals surface area (Å²) in [5.41, 5.74) is 2.99. The lowest BCUT2D eigenvalue weighted by molar-refractivity contribution is 0.630. The first-order chi connectivity index (χ1) is 9.04. The van der Waals surface area contributed by atoms with E-state index in [-0.39, 0.29) is 5.82 Å². The minimum atomic E-state index is -0.275. The summed E-state index contributed by atoms with van der Waals surface area (Å²) < 4.78 is 17.6. The minimum Gasteiger partial charge on any atom is -0.305 e. The molecule has 0 saturated heterocycles. The first-order valence-electron chi connectivity index (χ1n) is 5.65. The number of imidazole rings is 1. The van der Waals surface area contributed by atoms with Gasteiger partial charge < -0.3 is 4.40 Å². The number of pyridine rings is 1. The third-order valence-corrected chi connectivity index (χ3v) is 3.83. The van der Waals surface area contributed by atoms with Crippen LogP contribution in [-0.2, 0) is 0 Å². The number of benzene rings is 1. The van der Waals surface area contributed by atoms with E-state index in [1.165, 1.54) is 6.07 Å². The number of nitrogens with zero attached hydrogens (tertiary/aromatic N) is 2. The Morgan fingerprint density at radius 2 is 1.89 bits per heavy atom. The molecule has 3 rings (SSSR count). The van der Waals surface area contributed by atoms with Crippen LogP contribution in [0.2, 0.25) is 0 Å². The van der Waals surface area contributed by atoms with Crippen molar-refractivity contribution in [2.75, 3.05) is 0 Å². The van der Waals surface area contributed by atoms with Crippen molar-refractivity contribution in [2.45, 2.75) is 6.92 Å². The molecule has 0 bridgehead atoms. The molecule has 0 unspecified atom stereocenters. The van der Waals surface area contributed by atoms with Gasteiger partial charge in [-0.25, -0.2) is 9.37 Å². The molecule has 19 heavy (non-hydrogen) atoms. The third kappa shape index (κ3) is 2.32. The smallest absolute Gasteiger partial charge is 0.140 e. The zero-order chi connectivity index (χ0) is 13.6. The Balaban J connectivity index is 2.26. The maximum Gasteiger partial charge on any atom is 0.140 e. The summed E-state index contributed by atoms with van der Waals surface area (Å²) in [6.07, 6.45) is 3.74. The van der Waals surface area contributed by atoms with Gasteiger partial charge in [0.25, 0.3) is 0 Å². The lowest BCUT2D eigenvalue weighted by Gasteiger charge is -1.99. The van der Waals surface area contributed by atoms with Gasteiger partial charge in [0.15, 0.2) is 0 Å². The van der Waals surface area contributed by atoms with Crippen molar-refractivity contribution in [3.63, 3.8) is 0 Å². The fourth-order valence-electron chi connectivity index (χ4n) is 2.05. The number of hydrogen-bond donors (Lipinski definition) is 0. The number of fused-ring (bicyclic) bond motifs is 1. The molecular weight excluding hydrogens is 375 g/mol. The largest absolute Gasteiger partial charge is 0.305 e. The van der Waals surface area contributed by atoms with E-state index in [4.69, 9.17) is 0 Å². The van der Waals surface area contributed by atoms with Crippen LogP contribution >= 0.6 is 31.9 Å². The van der Waals surface area contributed by atoms with Crippen molar-refractivity contribution < 1.29 is 4.39 Å². The topological polar surface area (TPSA) is 17.3 Å². The predicted molar refractivity (Wildman–Crippen MR) is 80.7 cm³/mol. The normalized spacial score (nSPS) is 11.2. The van der Waals surface area contributed by atoms with E-state index < -0.39 is 0 Å². The Bertz CT molecular complexity index is 780. The average molecular weight is 384 g/mol. The number of rotatable bonds is 1. The number of hydrogen-bond acceptors (Lipinski definition) is 1. The van der Waals surface area contributed by atoms with Gasteiger partial charge in [-0.3, -0.25) is 0 Å². The number of halogens is 3. The van der Waals surface area contributed by atoms with E-state index in [9.17, 15) is 4.39 Å². The van der Waals surface area contributed by atoms with Crippen LogP contribution in [0.25, 0.3) is 16.9 Å². The lowest BCUT2D eigenvalue weighted by atomic mass is 10.1. The Labute approximate surface area is 126 Å². The maximum absolute atomic E-state index is 13.9. The molecule has 0 aliphatic rings. The summed E-state index contributed by atoms with van der Waals surface area (Å²) in [6.45, 7) is 1.98. The average Bonchev–Trinajstić information content (AvgIpc) is 2.76. The van der Waals surface area contributed by atoms with Crippen LogP contribution in [-0.4, -0.2) is 9.38 Å². The highest BCUT2D eigenvalue weighted by Crippen LogP contribution is 2.27.